The fourth-order valence-corrected chi connectivity index (χ4v) is 11.3. The van der Waals surface area contributed by atoms with E-state index in [1.165, 1.54) is 111 Å². The first-order valence-corrected chi connectivity index (χ1v) is 21.1. The highest BCUT2D eigenvalue weighted by Crippen LogP contribution is 2.55. The van der Waals surface area contributed by atoms with Crippen LogP contribution in [0.4, 0.5) is 17.1 Å². The van der Waals surface area contributed by atoms with Crippen LogP contribution in [0.25, 0.3) is 60.9 Å². The molecule has 284 valence electrons. The first-order valence-electron chi connectivity index (χ1n) is 21.1. The summed E-state index contributed by atoms with van der Waals surface area (Å²) in [4.78, 5) is 2.52. The van der Waals surface area contributed by atoms with Crippen molar-refractivity contribution in [3.63, 3.8) is 0 Å². The molecule has 0 atom stereocenters. The van der Waals surface area contributed by atoms with Crippen LogP contribution in [0.5, 0.6) is 0 Å². The first kappa shape index (κ1) is 34.4. The largest absolute Gasteiger partial charge is 0.310 e. The highest BCUT2D eigenvalue weighted by Gasteiger charge is 2.39. The van der Waals surface area contributed by atoms with E-state index in [0.29, 0.717) is 0 Å². The molecule has 0 N–H and O–H groups in total. The van der Waals surface area contributed by atoms with Crippen LogP contribution >= 0.6 is 0 Å². The monoisotopic (exact) mass is 758 g/mol. The van der Waals surface area contributed by atoms with E-state index >= 15 is 0 Å². The van der Waals surface area contributed by atoms with E-state index in [4.69, 9.17) is 0 Å². The SMILES string of the molecule is CC1(C)c2ccccc2-c2ccc(N(c3ccc4c(c3)C(C)(C)c3ccccc3-4)c3ccc4c(c3)C(C)(C)c3cc(-n5c6ccccc6c6ccccc65)ccc3-4)cc21. The maximum atomic E-state index is 2.52. The molecule has 0 aliphatic heterocycles. The van der Waals surface area contributed by atoms with Gasteiger partial charge in [-0.3, -0.25) is 0 Å². The van der Waals surface area contributed by atoms with Gasteiger partial charge in [-0.2, -0.15) is 0 Å². The van der Waals surface area contributed by atoms with Gasteiger partial charge in [-0.15, -0.1) is 0 Å². The van der Waals surface area contributed by atoms with Crippen molar-refractivity contribution in [2.45, 2.75) is 57.8 Å². The number of hydrogen-bond donors (Lipinski definition) is 0. The van der Waals surface area contributed by atoms with Crippen molar-refractivity contribution in [1.82, 2.24) is 4.57 Å². The second-order valence-electron chi connectivity index (χ2n) is 18.6. The summed E-state index contributed by atoms with van der Waals surface area (Å²) in [6.07, 6.45) is 0. The highest BCUT2D eigenvalue weighted by atomic mass is 15.1. The summed E-state index contributed by atoms with van der Waals surface area (Å²) >= 11 is 0. The third kappa shape index (κ3) is 4.58. The lowest BCUT2D eigenvalue weighted by Gasteiger charge is -2.31. The summed E-state index contributed by atoms with van der Waals surface area (Å²) in [6.45, 7) is 14.3. The Bertz CT molecular complexity index is 3100. The zero-order chi connectivity index (χ0) is 40.0. The number of nitrogens with zero attached hydrogens (tertiary/aromatic N) is 2. The fourth-order valence-electron chi connectivity index (χ4n) is 11.3. The molecule has 1 aromatic heterocycles. The van der Waals surface area contributed by atoms with Crippen LogP contribution < -0.4 is 4.90 Å². The van der Waals surface area contributed by atoms with Gasteiger partial charge in [0.2, 0.25) is 0 Å². The molecule has 0 saturated heterocycles. The van der Waals surface area contributed by atoms with E-state index in [9.17, 15) is 0 Å². The van der Waals surface area contributed by atoms with Gasteiger partial charge in [0.25, 0.3) is 0 Å². The van der Waals surface area contributed by atoms with Crippen LogP contribution in [0.3, 0.4) is 0 Å². The topological polar surface area (TPSA) is 8.17 Å². The number of rotatable bonds is 4. The molecule has 12 rings (SSSR count). The van der Waals surface area contributed by atoms with E-state index in [1.807, 2.05) is 0 Å². The van der Waals surface area contributed by atoms with Crippen LogP contribution in [0.15, 0.2) is 170 Å². The van der Waals surface area contributed by atoms with Gasteiger partial charge in [0.05, 0.1) is 11.0 Å². The lowest BCUT2D eigenvalue weighted by Crippen LogP contribution is -2.19. The number of para-hydroxylation sites is 2. The van der Waals surface area contributed by atoms with Crippen LogP contribution in [0.1, 0.15) is 74.9 Å². The van der Waals surface area contributed by atoms with Crippen molar-refractivity contribution in [2.24, 2.45) is 0 Å². The molecule has 9 aromatic rings. The summed E-state index contributed by atoms with van der Waals surface area (Å²) in [5, 5.41) is 2.57. The molecule has 0 spiro atoms. The molecular formula is C57H46N2. The van der Waals surface area contributed by atoms with Crippen molar-refractivity contribution in [3.05, 3.63) is 203 Å². The molecule has 59 heavy (non-hydrogen) atoms. The quantitative estimate of drug-likeness (QED) is 0.174. The Hall–Kier alpha value is -6.64. The maximum absolute atomic E-state index is 2.52. The molecule has 0 unspecified atom stereocenters. The standard InChI is InChI=1S/C57H46N2/c1-55(2)47-19-11-7-15-39(47)41-27-23-35(31-49(41)55)58(36-24-28-42-40-16-8-12-20-48(40)56(3,4)50(42)32-36)37-25-29-43-44-30-26-38(34-52(44)57(5,6)51(43)33-37)59-53-21-13-9-17-45(53)46-18-10-14-22-54(46)59/h7-34H,1-6H3. The van der Waals surface area contributed by atoms with Crippen molar-refractivity contribution >= 4 is 38.9 Å². The summed E-state index contributed by atoms with van der Waals surface area (Å²) in [7, 11) is 0. The van der Waals surface area contributed by atoms with Gasteiger partial charge >= 0.3 is 0 Å². The molecular weight excluding hydrogens is 713 g/mol. The molecule has 8 aromatic carbocycles. The third-order valence-corrected chi connectivity index (χ3v) is 14.4. The molecule has 0 radical (unpaired) electrons. The predicted molar refractivity (Wildman–Crippen MR) is 248 cm³/mol. The van der Waals surface area contributed by atoms with Crippen molar-refractivity contribution in [2.75, 3.05) is 4.90 Å². The van der Waals surface area contributed by atoms with Gasteiger partial charge in [-0.05, 0) is 127 Å². The second kappa shape index (κ2) is 11.7. The number of aromatic nitrogens is 1. The third-order valence-electron chi connectivity index (χ3n) is 14.4. The number of fused-ring (bicyclic) bond motifs is 12. The lowest BCUT2D eigenvalue weighted by atomic mass is 9.81. The minimum absolute atomic E-state index is 0.106. The first-order chi connectivity index (χ1) is 28.5. The van der Waals surface area contributed by atoms with E-state index < -0.39 is 0 Å². The number of benzene rings is 8. The van der Waals surface area contributed by atoms with Gasteiger partial charge < -0.3 is 9.47 Å². The second-order valence-corrected chi connectivity index (χ2v) is 18.6. The van der Waals surface area contributed by atoms with E-state index in [0.717, 1.165) is 0 Å². The Morgan fingerprint density at radius 2 is 0.661 bits per heavy atom. The fraction of sp³-hybridized carbons (Fsp3) is 0.158. The van der Waals surface area contributed by atoms with Crippen LogP contribution in [0.2, 0.25) is 0 Å². The zero-order valence-electron chi connectivity index (χ0n) is 34.6. The summed E-state index contributed by atoms with van der Waals surface area (Å²) in [5.74, 6) is 0. The number of hydrogen-bond acceptors (Lipinski definition) is 1. The molecule has 0 saturated carbocycles. The molecule has 0 bridgehead atoms. The predicted octanol–water partition coefficient (Wildman–Crippen LogP) is 15.2. The van der Waals surface area contributed by atoms with E-state index in [-0.39, 0.29) is 16.2 Å². The Kier molecular flexibility index (Phi) is 6.84. The molecule has 2 heteroatoms. The molecule has 1 heterocycles. The van der Waals surface area contributed by atoms with Crippen LogP contribution in [-0.4, -0.2) is 4.57 Å². The van der Waals surface area contributed by atoms with E-state index in [2.05, 4.69) is 221 Å². The van der Waals surface area contributed by atoms with Gasteiger partial charge in [-0.1, -0.05) is 151 Å². The van der Waals surface area contributed by atoms with Crippen LogP contribution in [0, 0.1) is 0 Å². The zero-order valence-corrected chi connectivity index (χ0v) is 34.6. The number of anilines is 3. The minimum atomic E-state index is -0.218. The van der Waals surface area contributed by atoms with Crippen molar-refractivity contribution in [3.8, 4) is 39.1 Å². The van der Waals surface area contributed by atoms with Gasteiger partial charge in [-0.25, -0.2) is 0 Å². The summed E-state index contributed by atoms with van der Waals surface area (Å²) in [5.41, 5.74) is 23.1. The van der Waals surface area contributed by atoms with Gasteiger partial charge in [0.1, 0.15) is 0 Å². The van der Waals surface area contributed by atoms with Gasteiger partial charge in [0.15, 0.2) is 0 Å². The average molecular weight is 759 g/mol. The smallest absolute Gasteiger partial charge is 0.0541 e. The molecule has 0 fully saturated rings. The molecule has 3 aliphatic carbocycles. The van der Waals surface area contributed by atoms with Crippen LogP contribution in [-0.2, 0) is 16.2 Å². The van der Waals surface area contributed by atoms with Gasteiger partial charge in [0, 0.05) is 49.8 Å². The highest BCUT2D eigenvalue weighted by molar-refractivity contribution is 6.09. The summed E-state index contributed by atoms with van der Waals surface area (Å²) < 4.78 is 2.44. The Morgan fingerprint density at radius 1 is 0.322 bits per heavy atom. The molecule has 3 aliphatic rings. The maximum Gasteiger partial charge on any atom is 0.0541 e. The van der Waals surface area contributed by atoms with Crippen molar-refractivity contribution in [1.29, 1.82) is 0 Å². The Labute approximate surface area is 347 Å². The van der Waals surface area contributed by atoms with Crippen molar-refractivity contribution < 1.29 is 0 Å². The molecule has 0 amide bonds. The summed E-state index contributed by atoms with van der Waals surface area (Å²) in [6, 6.07) is 64.2. The average Bonchev–Trinajstić information content (AvgIpc) is 3.87. The molecule has 2 nitrogen and oxygen atoms in total. The Morgan fingerprint density at radius 3 is 1.12 bits per heavy atom. The normalized spacial score (nSPS) is 15.7. The Balaban J connectivity index is 1.02. The lowest BCUT2D eigenvalue weighted by molar-refractivity contribution is 0.659. The minimum Gasteiger partial charge on any atom is -0.310 e. The van der Waals surface area contributed by atoms with E-state index in [1.54, 1.807) is 0 Å².